The Labute approximate surface area is 132 Å². The maximum absolute atomic E-state index is 4.54. The summed E-state index contributed by atoms with van der Waals surface area (Å²) >= 11 is 0. The maximum Gasteiger partial charge on any atom is 0.0952 e. The smallest absolute Gasteiger partial charge is 0.0952 e. The number of imidazole rings is 1. The van der Waals surface area contributed by atoms with Gasteiger partial charge in [0.05, 0.1) is 12.0 Å². The fourth-order valence-electron chi connectivity index (χ4n) is 2.81. The number of rotatable bonds is 5. The third-order valence-corrected chi connectivity index (χ3v) is 4.04. The van der Waals surface area contributed by atoms with Crippen LogP contribution < -0.4 is 0 Å². The van der Waals surface area contributed by atoms with Gasteiger partial charge < -0.3 is 4.57 Å². The van der Waals surface area contributed by atoms with Crippen molar-refractivity contribution in [2.75, 3.05) is 0 Å². The Morgan fingerprint density at radius 1 is 0.955 bits per heavy atom. The van der Waals surface area contributed by atoms with Crippen molar-refractivity contribution in [3.05, 3.63) is 89.0 Å². The summed E-state index contributed by atoms with van der Waals surface area (Å²) < 4.78 is 2.16. The van der Waals surface area contributed by atoms with Gasteiger partial charge in [0.15, 0.2) is 0 Å². The Hall–Kier alpha value is -2.35. The van der Waals surface area contributed by atoms with E-state index in [0.717, 1.165) is 25.1 Å². The molecule has 2 nitrogen and oxygen atoms in total. The molecular weight excluding hydrogens is 268 g/mol. The lowest BCUT2D eigenvalue weighted by Gasteiger charge is -2.05. The van der Waals surface area contributed by atoms with E-state index in [1.807, 2.05) is 12.4 Å². The van der Waals surface area contributed by atoms with Crippen LogP contribution in [-0.4, -0.2) is 9.55 Å². The molecule has 0 radical (unpaired) electrons. The van der Waals surface area contributed by atoms with Crippen molar-refractivity contribution in [2.45, 2.75) is 33.2 Å². The summed E-state index contributed by atoms with van der Waals surface area (Å²) in [7, 11) is 0. The van der Waals surface area contributed by atoms with Crippen molar-refractivity contribution in [3.63, 3.8) is 0 Å². The molecule has 0 aliphatic rings. The van der Waals surface area contributed by atoms with Crippen molar-refractivity contribution in [1.29, 1.82) is 0 Å². The van der Waals surface area contributed by atoms with Gasteiger partial charge in [0.2, 0.25) is 0 Å². The van der Waals surface area contributed by atoms with Crippen LogP contribution in [0.3, 0.4) is 0 Å². The molecule has 0 spiro atoms. The van der Waals surface area contributed by atoms with Crippen LogP contribution in [0.25, 0.3) is 0 Å². The Balaban J connectivity index is 1.62. The van der Waals surface area contributed by atoms with Crippen molar-refractivity contribution in [1.82, 2.24) is 9.55 Å². The standard InChI is InChI=1S/C20H22N2/c1-16-8-9-19(17(2)12-16)10-11-20-14-22(15-21-20)13-18-6-4-3-5-7-18/h3-9,12,14-15H,10-11,13H2,1-2H3. The number of aryl methyl sites for hydroxylation is 4. The summed E-state index contributed by atoms with van der Waals surface area (Å²) in [6.45, 7) is 5.22. The average molecular weight is 290 g/mol. The molecular formula is C20H22N2. The SMILES string of the molecule is Cc1ccc(CCc2cn(Cc3ccccc3)cn2)c(C)c1. The normalized spacial score (nSPS) is 10.8. The Bertz CT molecular complexity index is 741. The molecule has 1 heterocycles. The molecule has 0 aliphatic carbocycles. The Morgan fingerprint density at radius 3 is 2.55 bits per heavy atom. The first-order chi connectivity index (χ1) is 10.7. The molecule has 3 aromatic rings. The van der Waals surface area contributed by atoms with E-state index in [-0.39, 0.29) is 0 Å². The van der Waals surface area contributed by atoms with Crippen LogP contribution in [0, 0.1) is 13.8 Å². The van der Waals surface area contributed by atoms with Crippen molar-refractivity contribution in [3.8, 4) is 0 Å². The Morgan fingerprint density at radius 2 is 1.77 bits per heavy atom. The number of nitrogens with zero attached hydrogens (tertiary/aromatic N) is 2. The molecule has 0 N–H and O–H groups in total. The van der Waals surface area contributed by atoms with E-state index >= 15 is 0 Å². The molecule has 3 rings (SSSR count). The molecule has 1 aromatic heterocycles. The third kappa shape index (κ3) is 3.64. The molecule has 2 aromatic carbocycles. The molecule has 2 heteroatoms. The van der Waals surface area contributed by atoms with Gasteiger partial charge in [0, 0.05) is 12.7 Å². The van der Waals surface area contributed by atoms with Crippen LogP contribution >= 0.6 is 0 Å². The summed E-state index contributed by atoms with van der Waals surface area (Å²) in [4.78, 5) is 4.54. The molecule has 0 atom stereocenters. The second kappa shape index (κ2) is 6.61. The van der Waals surface area contributed by atoms with Gasteiger partial charge in [-0.25, -0.2) is 4.98 Å². The fraction of sp³-hybridized carbons (Fsp3) is 0.250. The highest BCUT2D eigenvalue weighted by Crippen LogP contribution is 2.13. The molecule has 0 fully saturated rings. The van der Waals surface area contributed by atoms with Gasteiger partial charge in [-0.15, -0.1) is 0 Å². The van der Waals surface area contributed by atoms with Crippen molar-refractivity contribution in [2.24, 2.45) is 0 Å². The molecule has 0 aliphatic heterocycles. The fourth-order valence-corrected chi connectivity index (χ4v) is 2.81. The molecule has 0 amide bonds. The molecule has 0 bridgehead atoms. The number of hydrogen-bond acceptors (Lipinski definition) is 1. The van der Waals surface area contributed by atoms with E-state index < -0.39 is 0 Å². The lowest BCUT2D eigenvalue weighted by Crippen LogP contribution is -1.97. The minimum Gasteiger partial charge on any atom is -0.333 e. The second-order valence-electron chi connectivity index (χ2n) is 5.95. The Kier molecular flexibility index (Phi) is 4.38. The van der Waals surface area contributed by atoms with Gasteiger partial charge in [0.25, 0.3) is 0 Å². The van der Waals surface area contributed by atoms with Gasteiger partial charge >= 0.3 is 0 Å². The largest absolute Gasteiger partial charge is 0.333 e. The molecule has 22 heavy (non-hydrogen) atoms. The molecule has 112 valence electrons. The number of benzene rings is 2. The highest BCUT2D eigenvalue weighted by molar-refractivity contribution is 5.30. The van der Waals surface area contributed by atoms with E-state index in [9.17, 15) is 0 Å². The quantitative estimate of drug-likeness (QED) is 0.683. The summed E-state index contributed by atoms with van der Waals surface area (Å²) in [6.07, 6.45) is 6.14. The first-order valence-electron chi connectivity index (χ1n) is 7.81. The molecule has 0 saturated heterocycles. The summed E-state index contributed by atoms with van der Waals surface area (Å²) in [5.41, 5.74) is 6.59. The zero-order valence-corrected chi connectivity index (χ0v) is 13.3. The molecule has 0 unspecified atom stereocenters. The van der Waals surface area contributed by atoms with E-state index in [1.165, 1.54) is 22.3 Å². The minimum atomic E-state index is 0.886. The predicted molar refractivity (Wildman–Crippen MR) is 91.1 cm³/mol. The predicted octanol–water partition coefficient (Wildman–Crippen LogP) is 4.33. The summed E-state index contributed by atoms with van der Waals surface area (Å²) in [5.74, 6) is 0. The monoisotopic (exact) mass is 290 g/mol. The highest BCUT2D eigenvalue weighted by atomic mass is 15.0. The summed E-state index contributed by atoms with van der Waals surface area (Å²) in [5, 5.41) is 0. The number of aromatic nitrogens is 2. The topological polar surface area (TPSA) is 17.8 Å². The van der Waals surface area contributed by atoms with Gasteiger partial charge in [-0.05, 0) is 43.4 Å². The van der Waals surface area contributed by atoms with Crippen LogP contribution in [0.1, 0.15) is 27.9 Å². The van der Waals surface area contributed by atoms with Crippen LogP contribution in [0.5, 0.6) is 0 Å². The van der Waals surface area contributed by atoms with E-state index in [1.54, 1.807) is 0 Å². The van der Waals surface area contributed by atoms with Gasteiger partial charge in [-0.3, -0.25) is 0 Å². The summed E-state index contributed by atoms with van der Waals surface area (Å²) in [6, 6.07) is 17.2. The average Bonchev–Trinajstić information content (AvgIpc) is 2.95. The maximum atomic E-state index is 4.54. The van der Waals surface area contributed by atoms with E-state index in [2.05, 4.69) is 72.1 Å². The van der Waals surface area contributed by atoms with Crippen LogP contribution in [-0.2, 0) is 19.4 Å². The number of hydrogen-bond donors (Lipinski definition) is 0. The third-order valence-electron chi connectivity index (χ3n) is 4.04. The first-order valence-corrected chi connectivity index (χ1v) is 7.81. The van der Waals surface area contributed by atoms with E-state index in [4.69, 9.17) is 0 Å². The van der Waals surface area contributed by atoms with Crippen LogP contribution in [0.2, 0.25) is 0 Å². The van der Waals surface area contributed by atoms with Gasteiger partial charge in [-0.1, -0.05) is 54.1 Å². The highest BCUT2D eigenvalue weighted by Gasteiger charge is 2.03. The zero-order chi connectivity index (χ0) is 15.4. The second-order valence-corrected chi connectivity index (χ2v) is 5.95. The first kappa shape index (κ1) is 14.6. The van der Waals surface area contributed by atoms with Gasteiger partial charge in [-0.2, -0.15) is 0 Å². The van der Waals surface area contributed by atoms with Crippen molar-refractivity contribution < 1.29 is 0 Å². The van der Waals surface area contributed by atoms with E-state index in [0.29, 0.717) is 0 Å². The minimum absolute atomic E-state index is 0.886. The van der Waals surface area contributed by atoms with Crippen LogP contribution in [0.4, 0.5) is 0 Å². The van der Waals surface area contributed by atoms with Crippen LogP contribution in [0.15, 0.2) is 61.1 Å². The molecule has 0 saturated carbocycles. The lowest BCUT2D eigenvalue weighted by atomic mass is 10.0. The van der Waals surface area contributed by atoms with Crippen molar-refractivity contribution >= 4 is 0 Å². The lowest BCUT2D eigenvalue weighted by molar-refractivity contribution is 0.795. The zero-order valence-electron chi connectivity index (χ0n) is 13.3. The van der Waals surface area contributed by atoms with Gasteiger partial charge in [0.1, 0.15) is 0 Å².